The van der Waals surface area contributed by atoms with E-state index in [1.807, 2.05) is 25.1 Å². The molecule has 1 atom stereocenters. The summed E-state index contributed by atoms with van der Waals surface area (Å²) >= 11 is 0. The largest absolute Gasteiger partial charge is 0.496 e. The van der Waals surface area contributed by atoms with E-state index in [-0.39, 0.29) is 23.3 Å². The van der Waals surface area contributed by atoms with E-state index >= 15 is 0 Å². The van der Waals surface area contributed by atoms with Gasteiger partial charge in [0.2, 0.25) is 15.9 Å². The molecule has 1 aliphatic rings. The van der Waals surface area contributed by atoms with Crippen LogP contribution in [0.15, 0.2) is 41.3 Å². The first-order valence-electron chi connectivity index (χ1n) is 12.0. The average molecular weight is 505 g/mol. The Morgan fingerprint density at radius 3 is 2.23 bits per heavy atom. The highest BCUT2D eigenvalue weighted by atomic mass is 32.2. The van der Waals surface area contributed by atoms with E-state index in [1.165, 1.54) is 0 Å². The number of methoxy groups -OCH3 is 3. The van der Waals surface area contributed by atoms with Gasteiger partial charge in [0.1, 0.15) is 5.75 Å². The van der Waals surface area contributed by atoms with Crippen LogP contribution in [0.1, 0.15) is 56.2 Å². The lowest BCUT2D eigenvalue weighted by molar-refractivity contribution is -0.121. The SMILES string of the molecule is CC[C@H](NC(=O)CCc1cc(S(=O)(=O)N2CCCCC2)ccc1OC)c1ccc(OC)c(OC)c1. The molecule has 2 aromatic rings. The van der Waals surface area contributed by atoms with Gasteiger partial charge in [-0.15, -0.1) is 0 Å². The maximum atomic E-state index is 13.1. The number of sulfonamides is 1. The lowest BCUT2D eigenvalue weighted by Gasteiger charge is -2.26. The van der Waals surface area contributed by atoms with Crippen molar-refractivity contribution < 1.29 is 27.4 Å². The summed E-state index contributed by atoms with van der Waals surface area (Å²) in [5.41, 5.74) is 1.62. The van der Waals surface area contributed by atoms with Gasteiger partial charge in [-0.05, 0) is 67.1 Å². The molecule has 0 aliphatic carbocycles. The van der Waals surface area contributed by atoms with Crippen LogP contribution in [0.25, 0.3) is 0 Å². The summed E-state index contributed by atoms with van der Waals surface area (Å²) in [5, 5.41) is 3.07. The number of piperidine rings is 1. The van der Waals surface area contributed by atoms with Crippen molar-refractivity contribution in [2.75, 3.05) is 34.4 Å². The number of carbonyl (C=O) groups excluding carboxylic acids is 1. The molecule has 35 heavy (non-hydrogen) atoms. The van der Waals surface area contributed by atoms with Crippen LogP contribution >= 0.6 is 0 Å². The van der Waals surface area contributed by atoms with Gasteiger partial charge in [0, 0.05) is 19.5 Å². The zero-order valence-corrected chi connectivity index (χ0v) is 21.8. The molecule has 1 aliphatic heterocycles. The van der Waals surface area contributed by atoms with Gasteiger partial charge in [0.15, 0.2) is 11.5 Å². The fourth-order valence-corrected chi connectivity index (χ4v) is 5.94. The normalized spacial score (nSPS) is 15.3. The van der Waals surface area contributed by atoms with E-state index in [4.69, 9.17) is 14.2 Å². The predicted octanol–water partition coefficient (Wildman–Crippen LogP) is 4.09. The molecule has 192 valence electrons. The fraction of sp³-hybridized carbons (Fsp3) is 0.500. The van der Waals surface area contributed by atoms with Crippen molar-refractivity contribution >= 4 is 15.9 Å². The molecule has 1 saturated heterocycles. The third-order valence-corrected chi connectivity index (χ3v) is 8.27. The molecule has 1 heterocycles. The Balaban J connectivity index is 1.71. The Morgan fingerprint density at radius 2 is 1.60 bits per heavy atom. The van der Waals surface area contributed by atoms with Gasteiger partial charge < -0.3 is 19.5 Å². The molecule has 0 spiro atoms. The van der Waals surface area contributed by atoms with Gasteiger partial charge in [0.05, 0.1) is 32.3 Å². The maximum Gasteiger partial charge on any atom is 0.243 e. The second-order valence-electron chi connectivity index (χ2n) is 8.58. The lowest BCUT2D eigenvalue weighted by atomic mass is 10.0. The summed E-state index contributed by atoms with van der Waals surface area (Å²) < 4.78 is 43.9. The van der Waals surface area contributed by atoms with Crippen molar-refractivity contribution in [2.24, 2.45) is 0 Å². The molecule has 1 amide bonds. The molecule has 0 saturated carbocycles. The van der Waals surface area contributed by atoms with Crippen molar-refractivity contribution in [3.63, 3.8) is 0 Å². The molecule has 0 unspecified atom stereocenters. The van der Waals surface area contributed by atoms with Gasteiger partial charge >= 0.3 is 0 Å². The van der Waals surface area contributed by atoms with Gasteiger partial charge in [-0.2, -0.15) is 4.31 Å². The standard InChI is InChI=1S/C26H36N2O6S/c1-5-22(19-9-12-24(33-3)25(18-19)34-4)27-26(29)14-10-20-17-21(11-13-23(20)32-2)35(30,31)28-15-7-6-8-16-28/h9,11-13,17-18,22H,5-8,10,14-16H2,1-4H3,(H,27,29)/t22-/m0/s1. The molecule has 0 aromatic heterocycles. The highest BCUT2D eigenvalue weighted by Gasteiger charge is 2.27. The van der Waals surface area contributed by atoms with Crippen LogP contribution in [0.5, 0.6) is 17.2 Å². The Kier molecular flexibility index (Phi) is 9.40. The van der Waals surface area contributed by atoms with Crippen LogP contribution < -0.4 is 19.5 Å². The van der Waals surface area contributed by atoms with E-state index in [0.29, 0.717) is 48.7 Å². The van der Waals surface area contributed by atoms with Crippen molar-refractivity contribution in [1.29, 1.82) is 0 Å². The van der Waals surface area contributed by atoms with Gasteiger partial charge in [-0.3, -0.25) is 4.79 Å². The number of nitrogens with one attached hydrogen (secondary N) is 1. The van der Waals surface area contributed by atoms with Crippen LogP contribution in [0.4, 0.5) is 0 Å². The smallest absolute Gasteiger partial charge is 0.243 e. The molecule has 9 heteroatoms. The number of hydrogen-bond donors (Lipinski definition) is 1. The lowest BCUT2D eigenvalue weighted by Crippen LogP contribution is -2.35. The molecule has 1 fully saturated rings. The number of carbonyl (C=O) groups is 1. The second kappa shape index (κ2) is 12.3. The number of amides is 1. The maximum absolute atomic E-state index is 13.1. The highest BCUT2D eigenvalue weighted by molar-refractivity contribution is 7.89. The summed E-state index contributed by atoms with van der Waals surface area (Å²) in [6.45, 7) is 3.08. The first-order chi connectivity index (χ1) is 16.8. The summed E-state index contributed by atoms with van der Waals surface area (Å²) in [6.07, 6.45) is 4.07. The topological polar surface area (TPSA) is 94.2 Å². The zero-order chi connectivity index (χ0) is 25.4. The van der Waals surface area contributed by atoms with Gasteiger partial charge in [-0.1, -0.05) is 19.4 Å². The molecule has 1 N–H and O–H groups in total. The van der Waals surface area contributed by atoms with Crippen LogP contribution in [-0.2, 0) is 21.2 Å². The first kappa shape index (κ1) is 26.8. The number of rotatable bonds is 11. The van der Waals surface area contributed by atoms with E-state index in [2.05, 4.69) is 5.32 Å². The summed E-state index contributed by atoms with van der Waals surface area (Å²) in [5.74, 6) is 1.68. The van der Waals surface area contributed by atoms with E-state index < -0.39 is 10.0 Å². The summed E-state index contributed by atoms with van der Waals surface area (Å²) in [4.78, 5) is 13.1. The molecule has 0 radical (unpaired) electrons. The quantitative estimate of drug-likeness (QED) is 0.495. The number of aryl methyl sites for hydroxylation is 1. The van der Waals surface area contributed by atoms with Crippen LogP contribution in [0.3, 0.4) is 0 Å². The van der Waals surface area contributed by atoms with Crippen LogP contribution in [0.2, 0.25) is 0 Å². The summed E-state index contributed by atoms with van der Waals surface area (Å²) in [7, 11) is 1.14. The Hall–Kier alpha value is -2.78. The molecule has 0 bridgehead atoms. The van der Waals surface area contributed by atoms with Crippen molar-refractivity contribution in [1.82, 2.24) is 9.62 Å². The van der Waals surface area contributed by atoms with Crippen LogP contribution in [0, 0.1) is 0 Å². The van der Waals surface area contributed by atoms with Gasteiger partial charge in [0.25, 0.3) is 0 Å². The molecule has 3 rings (SSSR count). The molecular formula is C26H36N2O6S. The van der Waals surface area contributed by atoms with Crippen LogP contribution in [-0.4, -0.2) is 53.0 Å². The third-order valence-electron chi connectivity index (χ3n) is 6.38. The molecule has 2 aromatic carbocycles. The number of nitrogens with zero attached hydrogens (tertiary/aromatic N) is 1. The number of hydrogen-bond acceptors (Lipinski definition) is 6. The number of benzene rings is 2. The molecular weight excluding hydrogens is 468 g/mol. The monoisotopic (exact) mass is 504 g/mol. The van der Waals surface area contributed by atoms with Crippen molar-refractivity contribution in [3.8, 4) is 17.2 Å². The second-order valence-corrected chi connectivity index (χ2v) is 10.5. The zero-order valence-electron chi connectivity index (χ0n) is 21.0. The van der Waals surface area contributed by atoms with E-state index in [9.17, 15) is 13.2 Å². The highest BCUT2D eigenvalue weighted by Crippen LogP contribution is 2.31. The molecule has 8 nitrogen and oxygen atoms in total. The third kappa shape index (κ3) is 6.46. The Morgan fingerprint density at radius 1 is 0.943 bits per heavy atom. The summed E-state index contributed by atoms with van der Waals surface area (Å²) in [6, 6.07) is 10.3. The Labute approximate surface area is 208 Å². The minimum atomic E-state index is -3.56. The average Bonchev–Trinajstić information content (AvgIpc) is 2.90. The van der Waals surface area contributed by atoms with Crippen molar-refractivity contribution in [2.45, 2.75) is 56.4 Å². The van der Waals surface area contributed by atoms with Gasteiger partial charge in [-0.25, -0.2) is 8.42 Å². The fourth-order valence-electron chi connectivity index (χ4n) is 4.37. The number of ether oxygens (including phenoxy) is 3. The first-order valence-corrected chi connectivity index (χ1v) is 13.5. The Bertz CT molecular complexity index is 1110. The van der Waals surface area contributed by atoms with E-state index in [0.717, 1.165) is 24.8 Å². The predicted molar refractivity (Wildman–Crippen MR) is 135 cm³/mol. The minimum absolute atomic E-state index is 0.127. The van der Waals surface area contributed by atoms with E-state index in [1.54, 1.807) is 43.8 Å². The van der Waals surface area contributed by atoms with Crippen molar-refractivity contribution in [3.05, 3.63) is 47.5 Å². The minimum Gasteiger partial charge on any atom is -0.496 e.